The highest BCUT2D eigenvalue weighted by Crippen LogP contribution is 2.14. The van der Waals surface area contributed by atoms with Crippen LogP contribution >= 0.6 is 0 Å². The Labute approximate surface area is 60.6 Å². The molecular formula is C7H12N2O. The van der Waals surface area contributed by atoms with Gasteiger partial charge in [-0.05, 0) is 13.8 Å². The van der Waals surface area contributed by atoms with E-state index in [0.29, 0.717) is 0 Å². The minimum atomic E-state index is 0.863. The Morgan fingerprint density at radius 1 is 1.70 bits per heavy atom. The van der Waals surface area contributed by atoms with Crippen molar-refractivity contribution < 1.29 is 4.74 Å². The van der Waals surface area contributed by atoms with Gasteiger partial charge in [-0.2, -0.15) is 5.10 Å². The summed E-state index contributed by atoms with van der Waals surface area (Å²) in [5.41, 5.74) is 1.09. The van der Waals surface area contributed by atoms with E-state index in [1.54, 1.807) is 13.3 Å². The van der Waals surface area contributed by atoms with E-state index < -0.39 is 0 Å². The third-order valence-corrected chi connectivity index (χ3v) is 1.58. The van der Waals surface area contributed by atoms with Crippen LogP contribution in [0.2, 0.25) is 0 Å². The van der Waals surface area contributed by atoms with E-state index >= 15 is 0 Å². The Hall–Kier alpha value is -0.990. The molecule has 0 atom stereocenters. The lowest BCUT2D eigenvalue weighted by Gasteiger charge is -1.99. The minimum absolute atomic E-state index is 0.863. The molecule has 0 radical (unpaired) electrons. The number of methoxy groups -OCH3 is 1. The lowest BCUT2D eigenvalue weighted by Crippen LogP contribution is -1.98. The van der Waals surface area contributed by atoms with Crippen molar-refractivity contribution in [1.82, 2.24) is 9.78 Å². The second-order valence-corrected chi connectivity index (χ2v) is 2.11. The first-order chi connectivity index (χ1) is 4.79. The van der Waals surface area contributed by atoms with Gasteiger partial charge in [0.2, 0.25) is 0 Å². The Morgan fingerprint density at radius 3 is 2.70 bits per heavy atom. The van der Waals surface area contributed by atoms with Gasteiger partial charge in [-0.15, -0.1) is 0 Å². The number of ether oxygens (including phenoxy) is 1. The average Bonchev–Trinajstić information content (AvgIpc) is 2.30. The fourth-order valence-corrected chi connectivity index (χ4v) is 0.949. The van der Waals surface area contributed by atoms with Crippen LogP contribution in [0.5, 0.6) is 5.75 Å². The fraction of sp³-hybridized carbons (Fsp3) is 0.571. The number of nitrogens with zero attached hydrogens (tertiary/aromatic N) is 2. The molecule has 0 saturated heterocycles. The summed E-state index contributed by atoms with van der Waals surface area (Å²) in [7, 11) is 1.66. The summed E-state index contributed by atoms with van der Waals surface area (Å²) in [5, 5.41) is 4.10. The molecule has 3 heteroatoms. The average molecular weight is 140 g/mol. The zero-order chi connectivity index (χ0) is 7.56. The SMILES string of the molecule is CCn1ncc(OC)c1C. The van der Waals surface area contributed by atoms with Gasteiger partial charge in [0.1, 0.15) is 0 Å². The molecular weight excluding hydrogens is 128 g/mol. The second kappa shape index (κ2) is 2.73. The summed E-state index contributed by atoms with van der Waals surface area (Å²) in [6.45, 7) is 4.95. The van der Waals surface area contributed by atoms with Crippen LogP contribution in [0.3, 0.4) is 0 Å². The summed E-state index contributed by atoms with van der Waals surface area (Å²) in [6.07, 6.45) is 1.73. The van der Waals surface area contributed by atoms with E-state index in [9.17, 15) is 0 Å². The summed E-state index contributed by atoms with van der Waals surface area (Å²) >= 11 is 0. The van der Waals surface area contributed by atoms with Gasteiger partial charge >= 0.3 is 0 Å². The quantitative estimate of drug-likeness (QED) is 0.617. The molecule has 0 aromatic carbocycles. The van der Waals surface area contributed by atoms with Crippen molar-refractivity contribution in [2.45, 2.75) is 20.4 Å². The molecule has 0 aliphatic rings. The van der Waals surface area contributed by atoms with Crippen LogP contribution in [0, 0.1) is 6.92 Å². The standard InChI is InChI=1S/C7H12N2O/c1-4-9-6(2)7(10-3)5-8-9/h5H,4H2,1-3H3. The minimum Gasteiger partial charge on any atom is -0.493 e. The number of hydrogen-bond acceptors (Lipinski definition) is 2. The van der Waals surface area contributed by atoms with Gasteiger partial charge in [0.25, 0.3) is 0 Å². The first-order valence-corrected chi connectivity index (χ1v) is 3.36. The van der Waals surface area contributed by atoms with E-state index in [0.717, 1.165) is 18.0 Å². The van der Waals surface area contributed by atoms with Crippen molar-refractivity contribution in [1.29, 1.82) is 0 Å². The van der Waals surface area contributed by atoms with Gasteiger partial charge < -0.3 is 4.74 Å². The van der Waals surface area contributed by atoms with Crippen molar-refractivity contribution in [2.24, 2.45) is 0 Å². The Bertz CT molecular complexity index is 196. The van der Waals surface area contributed by atoms with Gasteiger partial charge in [0.15, 0.2) is 5.75 Å². The molecule has 3 nitrogen and oxygen atoms in total. The summed E-state index contributed by atoms with van der Waals surface area (Å²) in [6, 6.07) is 0. The molecule has 1 heterocycles. The van der Waals surface area contributed by atoms with E-state index in [-0.39, 0.29) is 0 Å². The Morgan fingerprint density at radius 2 is 2.40 bits per heavy atom. The molecule has 0 unspecified atom stereocenters. The maximum atomic E-state index is 5.04. The van der Waals surface area contributed by atoms with Crippen LogP contribution in [0.15, 0.2) is 6.20 Å². The van der Waals surface area contributed by atoms with Gasteiger partial charge in [-0.1, -0.05) is 0 Å². The van der Waals surface area contributed by atoms with Crippen molar-refractivity contribution >= 4 is 0 Å². The molecule has 56 valence electrons. The van der Waals surface area contributed by atoms with Crippen LogP contribution in [0.4, 0.5) is 0 Å². The van der Waals surface area contributed by atoms with Gasteiger partial charge in [0.05, 0.1) is 19.0 Å². The first kappa shape index (κ1) is 7.12. The Kier molecular flexibility index (Phi) is 1.94. The molecule has 1 aromatic rings. The van der Waals surface area contributed by atoms with Gasteiger partial charge in [-0.3, -0.25) is 4.68 Å². The van der Waals surface area contributed by atoms with Gasteiger partial charge in [0, 0.05) is 6.54 Å². The molecule has 1 aromatic heterocycles. The molecule has 0 aliphatic heterocycles. The van der Waals surface area contributed by atoms with E-state index in [2.05, 4.69) is 12.0 Å². The molecule has 0 bridgehead atoms. The number of aromatic nitrogens is 2. The molecule has 0 N–H and O–H groups in total. The number of aryl methyl sites for hydroxylation is 1. The highest BCUT2D eigenvalue weighted by atomic mass is 16.5. The predicted octanol–water partition coefficient (Wildman–Crippen LogP) is 1.22. The lowest BCUT2D eigenvalue weighted by atomic mass is 10.4. The first-order valence-electron chi connectivity index (χ1n) is 3.36. The van der Waals surface area contributed by atoms with Crippen molar-refractivity contribution in [3.8, 4) is 5.75 Å². The van der Waals surface area contributed by atoms with E-state index in [4.69, 9.17) is 4.74 Å². The molecule has 0 saturated carbocycles. The number of hydrogen-bond donors (Lipinski definition) is 0. The zero-order valence-electron chi connectivity index (χ0n) is 6.59. The second-order valence-electron chi connectivity index (χ2n) is 2.11. The van der Waals surface area contributed by atoms with Crippen LogP contribution in [0.25, 0.3) is 0 Å². The summed E-state index contributed by atoms with van der Waals surface area (Å²) < 4.78 is 6.95. The topological polar surface area (TPSA) is 27.1 Å². The largest absolute Gasteiger partial charge is 0.493 e. The monoisotopic (exact) mass is 140 g/mol. The van der Waals surface area contributed by atoms with E-state index in [1.807, 2.05) is 11.6 Å². The summed E-state index contributed by atoms with van der Waals surface area (Å²) in [5.74, 6) is 0.863. The molecule has 10 heavy (non-hydrogen) atoms. The van der Waals surface area contributed by atoms with Crippen LogP contribution in [-0.4, -0.2) is 16.9 Å². The van der Waals surface area contributed by atoms with Crippen LogP contribution < -0.4 is 4.74 Å². The summed E-state index contributed by atoms with van der Waals surface area (Å²) in [4.78, 5) is 0. The molecule has 0 fully saturated rings. The molecule has 0 aliphatic carbocycles. The van der Waals surface area contributed by atoms with Crippen molar-refractivity contribution in [3.63, 3.8) is 0 Å². The predicted molar refractivity (Wildman–Crippen MR) is 39.2 cm³/mol. The van der Waals surface area contributed by atoms with Gasteiger partial charge in [-0.25, -0.2) is 0 Å². The van der Waals surface area contributed by atoms with Crippen LogP contribution in [-0.2, 0) is 6.54 Å². The lowest BCUT2D eigenvalue weighted by molar-refractivity contribution is 0.410. The fourth-order valence-electron chi connectivity index (χ4n) is 0.949. The highest BCUT2D eigenvalue weighted by Gasteiger charge is 2.02. The highest BCUT2D eigenvalue weighted by molar-refractivity contribution is 5.22. The molecule has 0 amide bonds. The van der Waals surface area contributed by atoms with Crippen molar-refractivity contribution in [2.75, 3.05) is 7.11 Å². The third-order valence-electron chi connectivity index (χ3n) is 1.58. The third kappa shape index (κ3) is 0.988. The normalized spacial score (nSPS) is 9.90. The maximum absolute atomic E-state index is 5.04. The molecule has 0 spiro atoms. The number of rotatable bonds is 2. The van der Waals surface area contributed by atoms with Crippen LogP contribution in [0.1, 0.15) is 12.6 Å². The zero-order valence-corrected chi connectivity index (χ0v) is 6.59. The maximum Gasteiger partial charge on any atom is 0.159 e. The molecule has 1 rings (SSSR count). The van der Waals surface area contributed by atoms with Crippen molar-refractivity contribution in [3.05, 3.63) is 11.9 Å². The van der Waals surface area contributed by atoms with E-state index in [1.165, 1.54) is 0 Å². The smallest absolute Gasteiger partial charge is 0.159 e. The Balaban J connectivity index is 2.97.